The highest BCUT2D eigenvalue weighted by Crippen LogP contribution is 2.49. The summed E-state index contributed by atoms with van der Waals surface area (Å²) in [5, 5.41) is 6.03. The number of fused-ring (bicyclic) bond motifs is 2. The van der Waals surface area contributed by atoms with Crippen molar-refractivity contribution in [2.24, 2.45) is 16.3 Å². The highest BCUT2D eigenvalue weighted by atomic mass is 32.1. The molecule has 1 N–H and O–H groups in total. The number of carbonyl (C=O) groups excluding carboxylic acids is 1. The van der Waals surface area contributed by atoms with Crippen molar-refractivity contribution in [3.63, 3.8) is 0 Å². The van der Waals surface area contributed by atoms with Crippen molar-refractivity contribution in [2.75, 3.05) is 10.2 Å². The number of carbonyl (C=O) groups is 1. The van der Waals surface area contributed by atoms with E-state index in [9.17, 15) is 4.79 Å². The van der Waals surface area contributed by atoms with E-state index in [4.69, 9.17) is 17.2 Å². The first-order valence-corrected chi connectivity index (χ1v) is 12.1. The van der Waals surface area contributed by atoms with Crippen LogP contribution in [0.25, 0.3) is 0 Å². The molecule has 1 saturated carbocycles. The van der Waals surface area contributed by atoms with Crippen molar-refractivity contribution in [3.05, 3.63) is 77.0 Å². The molecule has 1 aliphatic heterocycles. The van der Waals surface area contributed by atoms with Crippen LogP contribution in [0.4, 0.5) is 17.1 Å². The van der Waals surface area contributed by atoms with Gasteiger partial charge in [-0.1, -0.05) is 50.2 Å². The zero-order valence-corrected chi connectivity index (χ0v) is 19.7. The Morgan fingerprint density at radius 1 is 1.06 bits per heavy atom. The first-order chi connectivity index (χ1) is 15.4. The predicted molar refractivity (Wildman–Crippen MR) is 137 cm³/mol. The number of benzene rings is 2. The van der Waals surface area contributed by atoms with Crippen molar-refractivity contribution in [2.45, 2.75) is 32.7 Å². The van der Waals surface area contributed by atoms with Gasteiger partial charge in [0.2, 0.25) is 0 Å². The minimum absolute atomic E-state index is 0.0979. The van der Waals surface area contributed by atoms with Gasteiger partial charge in [0.1, 0.15) is 5.78 Å². The fourth-order valence-electron chi connectivity index (χ4n) is 4.81. The van der Waals surface area contributed by atoms with Crippen LogP contribution in [-0.2, 0) is 4.79 Å². The third kappa shape index (κ3) is 3.89. The summed E-state index contributed by atoms with van der Waals surface area (Å²) < 4.78 is 0. The maximum atomic E-state index is 13.6. The molecule has 0 saturated heterocycles. The lowest BCUT2D eigenvalue weighted by Crippen LogP contribution is -2.48. The van der Waals surface area contributed by atoms with Crippen molar-refractivity contribution in [1.82, 2.24) is 0 Å². The van der Waals surface area contributed by atoms with E-state index in [1.54, 1.807) is 11.3 Å². The molecule has 0 amide bonds. The zero-order chi connectivity index (χ0) is 22.3. The summed E-state index contributed by atoms with van der Waals surface area (Å²) in [6.07, 6.45) is 1.34. The number of anilines is 2. The van der Waals surface area contributed by atoms with Gasteiger partial charge in [-0.25, -0.2) is 0 Å². The van der Waals surface area contributed by atoms with Gasteiger partial charge in [-0.05, 0) is 59.8 Å². The Bertz CT molecular complexity index is 1180. The zero-order valence-electron chi connectivity index (χ0n) is 18.1. The van der Waals surface area contributed by atoms with Crippen LogP contribution in [0.15, 0.2) is 77.1 Å². The number of thiocarbonyl (C=S) groups is 1. The summed E-state index contributed by atoms with van der Waals surface area (Å²) in [5.74, 6) is -0.0942. The molecule has 1 aromatic heterocycles. The standard InChI is InChI=1S/C26H25N3OS2/c1-26(2)15-19-23(21(30)16-26)24(22-13-8-14-32-22)29(20-12-7-6-11-18(20)28-19)25(31)27-17-9-4-3-5-10-17/h3-14,23-24H,15-16H2,1-2H3,(H,27,31). The van der Waals surface area contributed by atoms with E-state index in [0.717, 1.165) is 34.1 Å². The molecule has 2 aromatic carbocycles. The summed E-state index contributed by atoms with van der Waals surface area (Å²) in [4.78, 5) is 21.9. The number of hydrogen-bond donors (Lipinski definition) is 1. The van der Waals surface area contributed by atoms with Gasteiger partial charge in [-0.3, -0.25) is 9.79 Å². The topological polar surface area (TPSA) is 44.7 Å². The Morgan fingerprint density at radius 2 is 1.81 bits per heavy atom. The minimum Gasteiger partial charge on any atom is -0.332 e. The summed E-state index contributed by atoms with van der Waals surface area (Å²) in [7, 11) is 0. The lowest BCUT2D eigenvalue weighted by molar-refractivity contribution is -0.124. The second-order valence-corrected chi connectivity index (χ2v) is 10.5. The lowest BCUT2D eigenvalue weighted by atomic mass is 9.68. The normalized spacial score (nSPS) is 21.8. The fourth-order valence-corrected chi connectivity index (χ4v) is 5.99. The molecular weight excluding hydrogens is 434 g/mol. The summed E-state index contributed by atoms with van der Waals surface area (Å²) in [6.45, 7) is 4.31. The Kier molecular flexibility index (Phi) is 5.43. The second kappa shape index (κ2) is 8.26. The van der Waals surface area contributed by atoms with Crippen LogP contribution in [-0.4, -0.2) is 16.6 Å². The Hall–Kier alpha value is -2.83. The monoisotopic (exact) mass is 459 g/mol. The first kappa shape index (κ1) is 21.0. The van der Waals surface area contributed by atoms with E-state index >= 15 is 0 Å². The van der Waals surface area contributed by atoms with Crippen LogP contribution in [0.1, 0.15) is 37.6 Å². The van der Waals surface area contributed by atoms with Gasteiger partial charge in [0, 0.05) is 22.7 Å². The molecule has 3 aromatic rings. The van der Waals surface area contributed by atoms with Crippen molar-refractivity contribution in [1.29, 1.82) is 0 Å². The average Bonchev–Trinajstić information content (AvgIpc) is 3.23. The quantitative estimate of drug-likeness (QED) is 0.429. The molecule has 2 aliphatic rings. The number of nitrogens with zero attached hydrogens (tertiary/aromatic N) is 2. The first-order valence-electron chi connectivity index (χ1n) is 10.8. The minimum atomic E-state index is -0.329. The molecule has 1 fully saturated rings. The molecule has 4 nitrogen and oxygen atoms in total. The van der Waals surface area contributed by atoms with Crippen LogP contribution in [0.2, 0.25) is 0 Å². The van der Waals surface area contributed by atoms with Gasteiger partial charge in [-0.15, -0.1) is 11.3 Å². The highest BCUT2D eigenvalue weighted by Gasteiger charge is 2.47. The van der Waals surface area contributed by atoms with E-state index in [0.29, 0.717) is 11.5 Å². The molecular formula is C26H25N3OS2. The second-order valence-electron chi connectivity index (χ2n) is 9.18. The molecule has 2 heterocycles. The smallest absolute Gasteiger partial charge is 0.178 e. The molecule has 5 rings (SSSR count). The molecule has 32 heavy (non-hydrogen) atoms. The fraction of sp³-hybridized carbons (Fsp3) is 0.269. The van der Waals surface area contributed by atoms with Crippen molar-refractivity contribution in [3.8, 4) is 0 Å². The number of thiophene rings is 1. The lowest BCUT2D eigenvalue weighted by Gasteiger charge is -2.41. The van der Waals surface area contributed by atoms with E-state index in [1.807, 2.05) is 60.7 Å². The molecule has 2 atom stereocenters. The number of rotatable bonds is 2. The predicted octanol–water partition coefficient (Wildman–Crippen LogP) is 6.78. The van der Waals surface area contributed by atoms with E-state index in [2.05, 4.69) is 35.5 Å². The number of ketones is 1. The molecule has 1 aliphatic carbocycles. The summed E-state index contributed by atoms with van der Waals surface area (Å²) in [5.41, 5.74) is 3.56. The molecule has 0 bridgehead atoms. The maximum absolute atomic E-state index is 13.6. The Balaban J connectivity index is 1.68. The SMILES string of the molecule is CC1(C)CC(=O)C2C(=Nc3ccccc3N(C(=S)Nc3ccccc3)C2c2cccs2)C1. The summed E-state index contributed by atoms with van der Waals surface area (Å²) in [6, 6.07) is 21.9. The highest BCUT2D eigenvalue weighted by molar-refractivity contribution is 7.80. The van der Waals surface area contributed by atoms with Crippen LogP contribution in [0, 0.1) is 11.3 Å². The number of hydrogen-bond acceptors (Lipinski definition) is 4. The van der Waals surface area contributed by atoms with Gasteiger partial charge < -0.3 is 10.2 Å². The van der Waals surface area contributed by atoms with Gasteiger partial charge in [0.25, 0.3) is 0 Å². The third-order valence-corrected chi connectivity index (χ3v) is 7.34. The number of aliphatic imine (C=N–C) groups is 1. The van der Waals surface area contributed by atoms with Crippen molar-refractivity contribution >= 4 is 57.2 Å². The van der Waals surface area contributed by atoms with Crippen LogP contribution in [0.5, 0.6) is 0 Å². The maximum Gasteiger partial charge on any atom is 0.178 e. The number of nitrogens with one attached hydrogen (secondary N) is 1. The third-order valence-electron chi connectivity index (χ3n) is 6.10. The molecule has 162 valence electrons. The molecule has 0 spiro atoms. The Labute approximate surface area is 198 Å². The Morgan fingerprint density at radius 3 is 2.56 bits per heavy atom. The average molecular weight is 460 g/mol. The van der Waals surface area contributed by atoms with Gasteiger partial charge in [0.05, 0.1) is 23.3 Å². The molecule has 2 unspecified atom stereocenters. The van der Waals surface area contributed by atoms with Crippen LogP contribution in [0.3, 0.4) is 0 Å². The van der Waals surface area contributed by atoms with E-state index in [-0.39, 0.29) is 23.2 Å². The van der Waals surface area contributed by atoms with Gasteiger partial charge in [0.15, 0.2) is 5.11 Å². The van der Waals surface area contributed by atoms with Crippen LogP contribution >= 0.6 is 23.6 Å². The number of para-hydroxylation sites is 3. The largest absolute Gasteiger partial charge is 0.332 e. The van der Waals surface area contributed by atoms with E-state index in [1.165, 1.54) is 0 Å². The van der Waals surface area contributed by atoms with Gasteiger partial charge >= 0.3 is 0 Å². The van der Waals surface area contributed by atoms with Gasteiger partial charge in [-0.2, -0.15) is 0 Å². The summed E-state index contributed by atoms with van der Waals surface area (Å²) >= 11 is 7.64. The number of Topliss-reactive ketones (excluding diaryl/α,β-unsaturated/α-hetero) is 1. The van der Waals surface area contributed by atoms with Crippen LogP contribution < -0.4 is 10.2 Å². The van der Waals surface area contributed by atoms with Crippen molar-refractivity contribution < 1.29 is 4.79 Å². The molecule has 0 radical (unpaired) electrons. The van der Waals surface area contributed by atoms with E-state index < -0.39 is 0 Å². The molecule has 6 heteroatoms.